The SMILES string of the molecule is CCNC(C)(CCSc1nncn1C)C(=O)O. The van der Waals surface area contributed by atoms with Crippen molar-refractivity contribution < 1.29 is 9.90 Å². The van der Waals surface area contributed by atoms with Crippen molar-refractivity contribution in [3.05, 3.63) is 6.33 Å². The predicted molar refractivity (Wildman–Crippen MR) is 66.1 cm³/mol. The van der Waals surface area contributed by atoms with Crippen LogP contribution in [0.3, 0.4) is 0 Å². The minimum absolute atomic E-state index is 0.535. The summed E-state index contributed by atoms with van der Waals surface area (Å²) < 4.78 is 1.82. The number of carbonyl (C=O) groups is 1. The average Bonchev–Trinajstić information content (AvgIpc) is 2.65. The number of hydrogen-bond acceptors (Lipinski definition) is 5. The summed E-state index contributed by atoms with van der Waals surface area (Å²) in [5.41, 5.74) is -0.875. The fraction of sp³-hybridized carbons (Fsp3) is 0.700. The van der Waals surface area contributed by atoms with Crippen molar-refractivity contribution >= 4 is 17.7 Å². The topological polar surface area (TPSA) is 80.0 Å². The van der Waals surface area contributed by atoms with Gasteiger partial charge in [0.2, 0.25) is 0 Å². The van der Waals surface area contributed by atoms with Gasteiger partial charge in [0.1, 0.15) is 11.9 Å². The lowest BCUT2D eigenvalue weighted by atomic mass is 9.99. The van der Waals surface area contributed by atoms with Gasteiger partial charge in [-0.05, 0) is 19.9 Å². The molecule has 0 bridgehead atoms. The van der Waals surface area contributed by atoms with Crippen molar-refractivity contribution in [3.63, 3.8) is 0 Å². The van der Waals surface area contributed by atoms with Crippen LogP contribution in [0.25, 0.3) is 0 Å². The van der Waals surface area contributed by atoms with Crippen LogP contribution in [0.2, 0.25) is 0 Å². The van der Waals surface area contributed by atoms with Crippen molar-refractivity contribution in [2.24, 2.45) is 7.05 Å². The number of likely N-dealkylation sites (N-methyl/N-ethyl adjacent to an activating group) is 1. The molecule has 0 amide bonds. The first-order valence-corrected chi connectivity index (χ1v) is 6.43. The number of rotatable bonds is 7. The van der Waals surface area contributed by atoms with Gasteiger partial charge in [-0.1, -0.05) is 18.7 Å². The molecule has 0 fully saturated rings. The molecule has 1 heterocycles. The summed E-state index contributed by atoms with van der Waals surface area (Å²) in [6, 6.07) is 0. The Morgan fingerprint density at radius 2 is 2.41 bits per heavy atom. The number of nitrogens with zero attached hydrogens (tertiary/aromatic N) is 3. The molecule has 0 aromatic carbocycles. The summed E-state index contributed by atoms with van der Waals surface area (Å²) in [6.07, 6.45) is 2.16. The molecular formula is C10H18N4O2S. The fourth-order valence-corrected chi connectivity index (χ4v) is 2.46. The number of carboxylic acid groups (broad SMARTS) is 1. The Kier molecular flexibility index (Phi) is 4.95. The first kappa shape index (κ1) is 14.0. The van der Waals surface area contributed by atoms with Crippen molar-refractivity contribution in [2.45, 2.75) is 31.0 Å². The van der Waals surface area contributed by atoms with Crippen molar-refractivity contribution in [3.8, 4) is 0 Å². The minimum atomic E-state index is -0.875. The van der Waals surface area contributed by atoms with Gasteiger partial charge in [-0.25, -0.2) is 0 Å². The molecule has 1 aromatic rings. The highest BCUT2D eigenvalue weighted by molar-refractivity contribution is 7.99. The maximum Gasteiger partial charge on any atom is 0.323 e. The zero-order chi connectivity index (χ0) is 12.9. The number of carboxylic acids is 1. The molecule has 17 heavy (non-hydrogen) atoms. The molecule has 7 heteroatoms. The van der Waals surface area contributed by atoms with Gasteiger partial charge in [-0.15, -0.1) is 10.2 Å². The van der Waals surface area contributed by atoms with E-state index in [0.29, 0.717) is 18.7 Å². The molecule has 1 aromatic heterocycles. The highest BCUT2D eigenvalue weighted by Gasteiger charge is 2.31. The Morgan fingerprint density at radius 3 is 2.88 bits per heavy atom. The summed E-state index contributed by atoms with van der Waals surface area (Å²) in [5, 5.41) is 20.7. The molecule has 0 saturated heterocycles. The van der Waals surface area contributed by atoms with Gasteiger partial charge in [-0.3, -0.25) is 4.79 Å². The van der Waals surface area contributed by atoms with E-state index in [1.165, 1.54) is 11.8 Å². The van der Waals surface area contributed by atoms with Gasteiger partial charge in [0.05, 0.1) is 0 Å². The van der Waals surface area contributed by atoms with Crippen LogP contribution in [0.1, 0.15) is 20.3 Å². The van der Waals surface area contributed by atoms with Crippen LogP contribution in [0.4, 0.5) is 0 Å². The van der Waals surface area contributed by atoms with Crippen LogP contribution in [0.15, 0.2) is 11.5 Å². The molecule has 0 radical (unpaired) electrons. The van der Waals surface area contributed by atoms with Crippen LogP contribution in [-0.4, -0.2) is 43.7 Å². The second-order valence-corrected chi connectivity index (χ2v) is 5.05. The Labute approximate surface area is 105 Å². The van der Waals surface area contributed by atoms with E-state index in [0.717, 1.165) is 5.16 Å². The lowest BCUT2D eigenvalue weighted by Gasteiger charge is -2.25. The number of hydrogen-bond donors (Lipinski definition) is 2. The molecule has 0 saturated carbocycles. The molecule has 0 spiro atoms. The normalized spacial score (nSPS) is 14.5. The molecule has 0 aliphatic rings. The van der Waals surface area contributed by atoms with Crippen molar-refractivity contribution in [2.75, 3.05) is 12.3 Å². The highest BCUT2D eigenvalue weighted by atomic mass is 32.2. The van der Waals surface area contributed by atoms with E-state index in [2.05, 4.69) is 15.5 Å². The fourth-order valence-electron chi connectivity index (χ4n) is 1.41. The Bertz CT molecular complexity index is 382. The number of thioether (sulfide) groups is 1. The predicted octanol–water partition coefficient (Wildman–Crippen LogP) is 0.750. The standard InChI is InChI=1S/C10H18N4O2S/c1-4-11-10(2,8(15)16)5-6-17-9-13-12-7-14(9)3/h7,11H,4-6H2,1-3H3,(H,15,16). The number of aryl methyl sites for hydroxylation is 1. The van der Waals surface area contributed by atoms with Crippen LogP contribution in [-0.2, 0) is 11.8 Å². The summed E-state index contributed by atoms with van der Waals surface area (Å²) >= 11 is 1.51. The largest absolute Gasteiger partial charge is 0.480 e. The Balaban J connectivity index is 2.48. The maximum absolute atomic E-state index is 11.2. The lowest BCUT2D eigenvalue weighted by Crippen LogP contribution is -2.49. The summed E-state index contributed by atoms with van der Waals surface area (Å²) in [4.78, 5) is 11.2. The average molecular weight is 258 g/mol. The zero-order valence-corrected chi connectivity index (χ0v) is 11.1. The summed E-state index contributed by atoms with van der Waals surface area (Å²) in [5.74, 6) is -0.139. The third-order valence-electron chi connectivity index (χ3n) is 2.54. The summed E-state index contributed by atoms with van der Waals surface area (Å²) in [7, 11) is 1.86. The van der Waals surface area contributed by atoms with E-state index < -0.39 is 11.5 Å². The Hall–Kier alpha value is -1.08. The van der Waals surface area contributed by atoms with E-state index >= 15 is 0 Å². The molecule has 1 rings (SSSR count). The number of aliphatic carboxylic acids is 1. The van der Waals surface area contributed by atoms with E-state index in [4.69, 9.17) is 0 Å². The minimum Gasteiger partial charge on any atom is -0.480 e. The quantitative estimate of drug-likeness (QED) is 0.703. The van der Waals surface area contributed by atoms with Gasteiger partial charge >= 0.3 is 5.97 Å². The first-order valence-electron chi connectivity index (χ1n) is 5.45. The molecule has 2 N–H and O–H groups in total. The van der Waals surface area contributed by atoms with Crippen LogP contribution < -0.4 is 5.32 Å². The highest BCUT2D eigenvalue weighted by Crippen LogP contribution is 2.19. The second-order valence-electron chi connectivity index (χ2n) is 3.99. The van der Waals surface area contributed by atoms with Crippen LogP contribution in [0, 0.1) is 0 Å². The van der Waals surface area contributed by atoms with E-state index in [1.54, 1.807) is 13.3 Å². The molecule has 0 aliphatic carbocycles. The lowest BCUT2D eigenvalue weighted by molar-refractivity contribution is -0.144. The van der Waals surface area contributed by atoms with Crippen molar-refractivity contribution in [1.29, 1.82) is 0 Å². The first-order chi connectivity index (χ1) is 7.99. The third-order valence-corrected chi connectivity index (χ3v) is 3.58. The molecule has 1 unspecified atom stereocenters. The number of nitrogens with one attached hydrogen (secondary N) is 1. The molecule has 1 atom stereocenters. The van der Waals surface area contributed by atoms with Gasteiger partial charge in [0.15, 0.2) is 5.16 Å². The van der Waals surface area contributed by atoms with E-state index in [9.17, 15) is 9.90 Å². The van der Waals surface area contributed by atoms with E-state index in [-0.39, 0.29) is 0 Å². The third kappa shape index (κ3) is 3.71. The van der Waals surface area contributed by atoms with Gasteiger partial charge in [0, 0.05) is 12.8 Å². The summed E-state index contributed by atoms with van der Waals surface area (Å²) in [6.45, 7) is 4.24. The maximum atomic E-state index is 11.2. The second kappa shape index (κ2) is 6.02. The number of aromatic nitrogens is 3. The van der Waals surface area contributed by atoms with Crippen LogP contribution >= 0.6 is 11.8 Å². The van der Waals surface area contributed by atoms with Gasteiger partial charge in [0.25, 0.3) is 0 Å². The van der Waals surface area contributed by atoms with Crippen molar-refractivity contribution in [1.82, 2.24) is 20.1 Å². The zero-order valence-electron chi connectivity index (χ0n) is 10.3. The molecule has 6 nitrogen and oxygen atoms in total. The monoisotopic (exact) mass is 258 g/mol. The van der Waals surface area contributed by atoms with Gasteiger partial charge < -0.3 is 15.0 Å². The molecular weight excluding hydrogens is 240 g/mol. The van der Waals surface area contributed by atoms with Gasteiger partial charge in [-0.2, -0.15) is 0 Å². The molecule has 0 aliphatic heterocycles. The van der Waals surface area contributed by atoms with E-state index in [1.807, 2.05) is 18.5 Å². The Morgan fingerprint density at radius 1 is 1.71 bits per heavy atom. The van der Waals surface area contributed by atoms with Crippen LogP contribution in [0.5, 0.6) is 0 Å². The smallest absolute Gasteiger partial charge is 0.323 e. The molecule has 96 valence electrons.